The smallest absolute Gasteiger partial charge is 0.310 e. The van der Waals surface area contributed by atoms with E-state index in [1.807, 2.05) is 26.0 Å². The van der Waals surface area contributed by atoms with Crippen molar-refractivity contribution >= 4 is 11.9 Å². The molecule has 0 atom stereocenters. The second-order valence-corrected chi connectivity index (χ2v) is 4.37. The van der Waals surface area contributed by atoms with Crippen LogP contribution < -0.4 is 10.1 Å². The maximum absolute atomic E-state index is 11.6. The number of para-hydroxylation sites is 1. The van der Waals surface area contributed by atoms with Crippen molar-refractivity contribution in [3.63, 3.8) is 0 Å². The molecule has 1 rings (SSSR count). The summed E-state index contributed by atoms with van der Waals surface area (Å²) in [5.74, 6) is -0.127. The monoisotopic (exact) mass is 265 g/mol. The van der Waals surface area contributed by atoms with Crippen LogP contribution in [0.4, 0.5) is 0 Å². The number of hydrogen-bond acceptors (Lipinski definition) is 4. The number of amides is 1. The number of esters is 1. The summed E-state index contributed by atoms with van der Waals surface area (Å²) < 4.78 is 10.0. The number of nitrogens with one attached hydrogen (secondary N) is 1. The highest BCUT2D eigenvalue weighted by Crippen LogP contribution is 2.17. The molecule has 0 radical (unpaired) electrons. The van der Waals surface area contributed by atoms with Crippen molar-refractivity contribution in [2.45, 2.75) is 26.3 Å². The molecule has 1 aromatic rings. The number of carbonyl (C=O) groups excluding carboxylic acids is 2. The van der Waals surface area contributed by atoms with Crippen molar-refractivity contribution in [1.29, 1.82) is 0 Å². The van der Waals surface area contributed by atoms with Gasteiger partial charge in [0.2, 0.25) is 0 Å². The van der Waals surface area contributed by atoms with Gasteiger partial charge in [0.15, 0.2) is 6.61 Å². The van der Waals surface area contributed by atoms with E-state index in [0.717, 1.165) is 5.56 Å². The first-order valence-electron chi connectivity index (χ1n) is 6.09. The summed E-state index contributed by atoms with van der Waals surface area (Å²) in [6, 6.07) is 7.23. The van der Waals surface area contributed by atoms with Gasteiger partial charge in [-0.2, -0.15) is 0 Å². The van der Waals surface area contributed by atoms with Crippen LogP contribution in [0.5, 0.6) is 5.75 Å². The molecule has 1 N–H and O–H groups in total. The Bertz CT molecular complexity index is 443. The molecule has 0 fully saturated rings. The van der Waals surface area contributed by atoms with Gasteiger partial charge in [-0.15, -0.1) is 0 Å². The van der Waals surface area contributed by atoms with Crippen molar-refractivity contribution in [1.82, 2.24) is 5.32 Å². The van der Waals surface area contributed by atoms with Gasteiger partial charge in [-0.1, -0.05) is 18.2 Å². The molecule has 0 aliphatic carbocycles. The molecule has 5 heteroatoms. The van der Waals surface area contributed by atoms with E-state index < -0.39 is 5.97 Å². The van der Waals surface area contributed by atoms with Crippen molar-refractivity contribution in [3.8, 4) is 5.75 Å². The minimum Gasteiger partial charge on any atom is -0.496 e. The number of hydrogen-bond donors (Lipinski definition) is 1. The van der Waals surface area contributed by atoms with E-state index in [9.17, 15) is 9.59 Å². The molecule has 1 aromatic carbocycles. The zero-order valence-electron chi connectivity index (χ0n) is 11.4. The van der Waals surface area contributed by atoms with Crippen LogP contribution >= 0.6 is 0 Å². The highest BCUT2D eigenvalue weighted by Gasteiger charge is 2.11. The third-order valence-corrected chi connectivity index (χ3v) is 2.34. The van der Waals surface area contributed by atoms with Crippen molar-refractivity contribution in [2.24, 2.45) is 0 Å². The number of rotatable bonds is 6. The van der Waals surface area contributed by atoms with E-state index in [-0.39, 0.29) is 25.0 Å². The molecular formula is C14H19NO4. The van der Waals surface area contributed by atoms with Crippen LogP contribution in [0.3, 0.4) is 0 Å². The van der Waals surface area contributed by atoms with E-state index in [1.54, 1.807) is 19.2 Å². The summed E-state index contributed by atoms with van der Waals surface area (Å²) in [7, 11) is 1.54. The van der Waals surface area contributed by atoms with Crippen LogP contribution in [0.1, 0.15) is 19.4 Å². The quantitative estimate of drug-likeness (QED) is 0.788. The molecule has 19 heavy (non-hydrogen) atoms. The van der Waals surface area contributed by atoms with Gasteiger partial charge in [0.05, 0.1) is 13.5 Å². The van der Waals surface area contributed by atoms with Crippen LogP contribution in [0, 0.1) is 0 Å². The summed E-state index contributed by atoms with van der Waals surface area (Å²) in [5.41, 5.74) is 0.735. The maximum Gasteiger partial charge on any atom is 0.310 e. The Morgan fingerprint density at radius 2 is 1.95 bits per heavy atom. The first kappa shape index (κ1) is 15.0. The van der Waals surface area contributed by atoms with Crippen LogP contribution in [0.15, 0.2) is 24.3 Å². The normalized spacial score (nSPS) is 10.1. The fourth-order valence-electron chi connectivity index (χ4n) is 1.57. The maximum atomic E-state index is 11.6. The molecule has 0 heterocycles. The predicted molar refractivity (Wildman–Crippen MR) is 70.9 cm³/mol. The highest BCUT2D eigenvalue weighted by atomic mass is 16.5. The Morgan fingerprint density at radius 3 is 2.58 bits per heavy atom. The highest BCUT2D eigenvalue weighted by molar-refractivity contribution is 5.81. The molecule has 0 aliphatic rings. The average molecular weight is 265 g/mol. The van der Waals surface area contributed by atoms with Gasteiger partial charge >= 0.3 is 5.97 Å². The second kappa shape index (κ2) is 7.41. The molecule has 0 aliphatic heterocycles. The Kier molecular flexibility index (Phi) is 5.85. The molecule has 0 spiro atoms. The van der Waals surface area contributed by atoms with Crippen LogP contribution in [0.25, 0.3) is 0 Å². The lowest BCUT2D eigenvalue weighted by molar-refractivity contribution is -0.148. The van der Waals surface area contributed by atoms with Crippen molar-refractivity contribution in [2.75, 3.05) is 13.7 Å². The minimum absolute atomic E-state index is 0.0282. The molecular weight excluding hydrogens is 246 g/mol. The first-order valence-corrected chi connectivity index (χ1v) is 6.09. The largest absolute Gasteiger partial charge is 0.496 e. The lowest BCUT2D eigenvalue weighted by atomic mass is 10.1. The SMILES string of the molecule is COc1ccccc1CC(=O)OCC(=O)NC(C)C. The van der Waals surface area contributed by atoms with E-state index in [4.69, 9.17) is 9.47 Å². The van der Waals surface area contributed by atoms with E-state index in [1.165, 1.54) is 0 Å². The Labute approximate surface area is 112 Å². The summed E-state index contributed by atoms with van der Waals surface area (Å²) in [5, 5.41) is 2.64. The van der Waals surface area contributed by atoms with Gasteiger partial charge in [-0.3, -0.25) is 9.59 Å². The fourth-order valence-corrected chi connectivity index (χ4v) is 1.57. The van der Waals surface area contributed by atoms with Gasteiger partial charge in [0.1, 0.15) is 5.75 Å². The number of ether oxygens (including phenoxy) is 2. The van der Waals surface area contributed by atoms with Crippen molar-refractivity contribution in [3.05, 3.63) is 29.8 Å². The first-order chi connectivity index (χ1) is 9.02. The Morgan fingerprint density at radius 1 is 1.26 bits per heavy atom. The molecule has 1 amide bonds. The van der Waals surface area contributed by atoms with E-state index in [0.29, 0.717) is 5.75 Å². The molecule has 5 nitrogen and oxygen atoms in total. The zero-order chi connectivity index (χ0) is 14.3. The van der Waals surface area contributed by atoms with Gasteiger partial charge in [-0.05, 0) is 19.9 Å². The van der Waals surface area contributed by atoms with Gasteiger partial charge in [0, 0.05) is 11.6 Å². The molecule has 0 bridgehead atoms. The molecule has 0 saturated heterocycles. The fraction of sp³-hybridized carbons (Fsp3) is 0.429. The number of benzene rings is 1. The zero-order valence-corrected chi connectivity index (χ0v) is 11.4. The summed E-state index contributed by atoms with van der Waals surface area (Å²) in [6.07, 6.45) is 0.0823. The van der Waals surface area contributed by atoms with Crippen molar-refractivity contribution < 1.29 is 19.1 Å². The molecule has 0 saturated carbocycles. The third-order valence-electron chi connectivity index (χ3n) is 2.34. The molecule has 0 aromatic heterocycles. The lowest BCUT2D eigenvalue weighted by Gasteiger charge is -2.10. The van der Waals surface area contributed by atoms with Crippen LogP contribution in [-0.4, -0.2) is 31.6 Å². The number of carbonyl (C=O) groups is 2. The van der Waals surface area contributed by atoms with Gasteiger partial charge < -0.3 is 14.8 Å². The topological polar surface area (TPSA) is 64.6 Å². The Balaban J connectivity index is 2.45. The molecule has 104 valence electrons. The second-order valence-electron chi connectivity index (χ2n) is 4.37. The standard InChI is InChI=1S/C14H19NO4/c1-10(2)15-13(16)9-19-14(17)8-11-6-4-5-7-12(11)18-3/h4-7,10H,8-9H2,1-3H3,(H,15,16). The predicted octanol–water partition coefficient (Wildman–Crippen LogP) is 1.31. The van der Waals surface area contributed by atoms with Gasteiger partial charge in [-0.25, -0.2) is 0 Å². The van der Waals surface area contributed by atoms with Crippen LogP contribution in [0.2, 0.25) is 0 Å². The van der Waals surface area contributed by atoms with E-state index >= 15 is 0 Å². The summed E-state index contributed by atoms with van der Waals surface area (Å²) in [4.78, 5) is 22.9. The van der Waals surface area contributed by atoms with Crippen LogP contribution in [-0.2, 0) is 20.7 Å². The van der Waals surface area contributed by atoms with Gasteiger partial charge in [0.25, 0.3) is 5.91 Å². The lowest BCUT2D eigenvalue weighted by Crippen LogP contribution is -2.34. The summed E-state index contributed by atoms with van der Waals surface area (Å²) in [6.45, 7) is 3.43. The Hall–Kier alpha value is -2.04. The third kappa shape index (κ3) is 5.42. The summed E-state index contributed by atoms with van der Waals surface area (Å²) >= 11 is 0. The average Bonchev–Trinajstić information content (AvgIpc) is 2.36. The molecule has 0 unspecified atom stereocenters. The minimum atomic E-state index is -0.455. The van der Waals surface area contributed by atoms with E-state index in [2.05, 4.69) is 5.32 Å². The number of methoxy groups -OCH3 is 1.